The number of benzene rings is 2. The van der Waals surface area contributed by atoms with Crippen LogP contribution in [-0.4, -0.2) is 40.8 Å². The highest BCUT2D eigenvalue weighted by Gasteiger charge is 2.43. The van der Waals surface area contributed by atoms with E-state index in [0.29, 0.717) is 24.2 Å². The van der Waals surface area contributed by atoms with Crippen molar-refractivity contribution in [2.75, 3.05) is 13.1 Å². The van der Waals surface area contributed by atoms with E-state index in [1.807, 2.05) is 30.0 Å². The van der Waals surface area contributed by atoms with Crippen LogP contribution in [0.25, 0.3) is 11.1 Å². The van der Waals surface area contributed by atoms with Gasteiger partial charge in [-0.25, -0.2) is 9.78 Å². The van der Waals surface area contributed by atoms with E-state index < -0.39 is 17.5 Å². The Kier molecular flexibility index (Phi) is 4.73. The number of nitrogens with zero attached hydrogens (tertiary/aromatic N) is 2. The van der Waals surface area contributed by atoms with Gasteiger partial charge in [0, 0.05) is 24.6 Å². The number of rotatable bonds is 3. The van der Waals surface area contributed by atoms with Crippen LogP contribution in [0.1, 0.15) is 53.1 Å². The van der Waals surface area contributed by atoms with Gasteiger partial charge in [-0.05, 0) is 56.0 Å². The minimum Gasteiger partial charge on any atom is -0.440 e. The summed E-state index contributed by atoms with van der Waals surface area (Å²) < 4.78 is 6.03. The molecule has 2 fully saturated rings. The van der Waals surface area contributed by atoms with E-state index in [-0.39, 0.29) is 11.8 Å². The van der Waals surface area contributed by atoms with Crippen LogP contribution in [0.5, 0.6) is 0 Å². The van der Waals surface area contributed by atoms with Crippen molar-refractivity contribution in [2.24, 2.45) is 0 Å². The lowest BCUT2D eigenvalue weighted by Gasteiger charge is -2.31. The number of hydrogen-bond acceptors (Lipinski definition) is 5. The third kappa shape index (κ3) is 3.32. The van der Waals surface area contributed by atoms with Crippen LogP contribution in [0.4, 0.5) is 4.79 Å². The van der Waals surface area contributed by atoms with Gasteiger partial charge in [0.05, 0.1) is 0 Å². The predicted molar refractivity (Wildman–Crippen MR) is 117 cm³/mol. The number of aryl methyl sites for hydroxylation is 1. The first-order valence-electron chi connectivity index (χ1n) is 10.7. The number of hydrogen-bond donors (Lipinski definition) is 2. The first-order valence-corrected chi connectivity index (χ1v) is 10.7. The van der Waals surface area contributed by atoms with Crippen LogP contribution in [0, 0.1) is 6.92 Å². The lowest BCUT2D eigenvalue weighted by atomic mass is 9.90. The quantitative estimate of drug-likeness (QED) is 0.619. The van der Waals surface area contributed by atoms with E-state index in [1.165, 1.54) is 0 Å². The fourth-order valence-electron chi connectivity index (χ4n) is 4.50. The maximum absolute atomic E-state index is 13.1. The molecule has 2 aliphatic heterocycles. The Morgan fingerprint density at radius 2 is 1.91 bits per heavy atom. The van der Waals surface area contributed by atoms with E-state index in [2.05, 4.69) is 15.6 Å². The van der Waals surface area contributed by atoms with Gasteiger partial charge in [-0.2, -0.15) is 0 Å². The number of carbonyl (C=O) groups excluding carboxylic acids is 3. The van der Waals surface area contributed by atoms with Crippen LogP contribution in [-0.2, 0) is 10.3 Å². The second-order valence-corrected chi connectivity index (χ2v) is 8.66. The molecule has 1 unspecified atom stereocenters. The van der Waals surface area contributed by atoms with Gasteiger partial charge in [0.15, 0.2) is 11.5 Å². The Hall–Kier alpha value is -3.68. The van der Waals surface area contributed by atoms with Crippen molar-refractivity contribution in [3.63, 3.8) is 0 Å². The van der Waals surface area contributed by atoms with Crippen molar-refractivity contribution >= 4 is 28.9 Å². The average Bonchev–Trinajstić information content (AvgIpc) is 3.35. The number of oxazole rings is 1. The summed E-state index contributed by atoms with van der Waals surface area (Å²) in [7, 11) is 0. The number of imide groups is 1. The zero-order chi connectivity index (χ0) is 22.5. The molecule has 32 heavy (non-hydrogen) atoms. The number of aromatic nitrogens is 1. The highest BCUT2D eigenvalue weighted by molar-refractivity contribution is 6.07. The zero-order valence-corrected chi connectivity index (χ0v) is 18.0. The molecular formula is C24H24N4O4. The SMILES string of the molecule is Cc1cccc2nc(C3CCN(C(=O)c4cccc(C5(C)NC(=O)NC5=O)c4)CC3)oc12. The van der Waals surface area contributed by atoms with Gasteiger partial charge < -0.3 is 14.6 Å². The molecule has 3 aromatic rings. The van der Waals surface area contributed by atoms with Crippen molar-refractivity contribution < 1.29 is 18.8 Å². The summed E-state index contributed by atoms with van der Waals surface area (Å²) in [5.41, 5.74) is 2.64. The molecule has 164 valence electrons. The second-order valence-electron chi connectivity index (χ2n) is 8.66. The largest absolute Gasteiger partial charge is 0.440 e. The normalized spacial score (nSPS) is 21.6. The van der Waals surface area contributed by atoms with E-state index in [9.17, 15) is 14.4 Å². The van der Waals surface area contributed by atoms with Crippen LogP contribution in [0.2, 0.25) is 0 Å². The second kappa shape index (κ2) is 7.47. The summed E-state index contributed by atoms with van der Waals surface area (Å²) in [6.07, 6.45) is 1.54. The molecule has 2 saturated heterocycles. The molecule has 0 spiro atoms. The topological polar surface area (TPSA) is 105 Å². The van der Waals surface area contributed by atoms with Gasteiger partial charge in [-0.1, -0.05) is 24.3 Å². The number of piperidine rings is 1. The van der Waals surface area contributed by atoms with E-state index in [4.69, 9.17) is 4.42 Å². The summed E-state index contributed by atoms with van der Waals surface area (Å²) in [6.45, 7) is 4.83. The van der Waals surface area contributed by atoms with E-state index in [1.54, 1.807) is 31.2 Å². The molecule has 8 heteroatoms. The molecule has 2 aliphatic rings. The molecule has 0 bridgehead atoms. The molecule has 5 rings (SSSR count). The molecular weight excluding hydrogens is 408 g/mol. The Balaban J connectivity index is 1.30. The van der Waals surface area contributed by atoms with E-state index in [0.717, 1.165) is 35.4 Å². The molecule has 0 saturated carbocycles. The lowest BCUT2D eigenvalue weighted by Crippen LogP contribution is -2.41. The first kappa shape index (κ1) is 20.2. The number of amides is 4. The maximum Gasteiger partial charge on any atom is 0.322 e. The molecule has 2 N–H and O–H groups in total. The van der Waals surface area contributed by atoms with Gasteiger partial charge in [-0.15, -0.1) is 0 Å². The van der Waals surface area contributed by atoms with Crippen molar-refractivity contribution in [1.82, 2.24) is 20.5 Å². The van der Waals surface area contributed by atoms with Crippen molar-refractivity contribution in [3.05, 3.63) is 65.0 Å². The van der Waals surface area contributed by atoms with Crippen molar-refractivity contribution in [2.45, 2.75) is 38.1 Å². The minimum absolute atomic E-state index is 0.0907. The summed E-state index contributed by atoms with van der Waals surface area (Å²) in [6, 6.07) is 12.3. The fraction of sp³-hybridized carbons (Fsp3) is 0.333. The Labute approximate surface area is 185 Å². The molecule has 1 aromatic heterocycles. The summed E-state index contributed by atoms with van der Waals surface area (Å²) in [5, 5.41) is 4.89. The van der Waals surface area contributed by atoms with Gasteiger partial charge in [-0.3, -0.25) is 14.9 Å². The first-order chi connectivity index (χ1) is 15.3. The third-order valence-electron chi connectivity index (χ3n) is 6.49. The number of likely N-dealkylation sites (tertiary alicyclic amines) is 1. The van der Waals surface area contributed by atoms with Crippen LogP contribution >= 0.6 is 0 Å². The Morgan fingerprint density at radius 1 is 1.16 bits per heavy atom. The molecule has 8 nitrogen and oxygen atoms in total. The van der Waals surface area contributed by atoms with Gasteiger partial charge >= 0.3 is 6.03 Å². The molecule has 3 heterocycles. The lowest BCUT2D eigenvalue weighted by molar-refractivity contribution is -0.123. The van der Waals surface area contributed by atoms with Crippen LogP contribution in [0.3, 0.4) is 0 Å². The van der Waals surface area contributed by atoms with Crippen LogP contribution in [0.15, 0.2) is 46.9 Å². The van der Waals surface area contributed by atoms with Gasteiger partial charge in [0.2, 0.25) is 0 Å². The van der Waals surface area contributed by atoms with E-state index >= 15 is 0 Å². The minimum atomic E-state index is -1.19. The summed E-state index contributed by atoms with van der Waals surface area (Å²) in [4.78, 5) is 43.5. The van der Waals surface area contributed by atoms with Gasteiger partial charge in [0.25, 0.3) is 11.8 Å². The van der Waals surface area contributed by atoms with Crippen LogP contribution < -0.4 is 10.6 Å². The van der Waals surface area contributed by atoms with Gasteiger partial charge in [0.1, 0.15) is 11.1 Å². The molecule has 0 radical (unpaired) electrons. The fourth-order valence-corrected chi connectivity index (χ4v) is 4.50. The average molecular weight is 432 g/mol. The smallest absolute Gasteiger partial charge is 0.322 e. The number of nitrogens with one attached hydrogen (secondary N) is 2. The summed E-state index contributed by atoms with van der Waals surface area (Å²) >= 11 is 0. The Morgan fingerprint density at radius 3 is 2.59 bits per heavy atom. The number of carbonyl (C=O) groups is 3. The van der Waals surface area contributed by atoms with Crippen molar-refractivity contribution in [1.29, 1.82) is 0 Å². The Bertz CT molecular complexity index is 1240. The zero-order valence-electron chi connectivity index (χ0n) is 18.0. The molecule has 0 aliphatic carbocycles. The number of urea groups is 1. The maximum atomic E-state index is 13.1. The molecule has 4 amide bonds. The monoisotopic (exact) mass is 432 g/mol. The number of para-hydroxylation sites is 1. The standard InChI is InChI=1S/C24H24N4O4/c1-14-5-3-8-18-19(14)32-20(25-18)15-9-11-28(12-10-15)21(29)16-6-4-7-17(13-16)24(2)22(30)26-23(31)27-24/h3-8,13,15H,9-12H2,1-2H3,(H2,26,27,30,31). The summed E-state index contributed by atoms with van der Waals surface area (Å²) in [5.74, 6) is 0.390. The predicted octanol–water partition coefficient (Wildman–Crippen LogP) is 3.21. The molecule has 2 aromatic carbocycles. The van der Waals surface area contributed by atoms with Crippen molar-refractivity contribution in [3.8, 4) is 0 Å². The third-order valence-corrected chi connectivity index (χ3v) is 6.49. The highest BCUT2D eigenvalue weighted by Crippen LogP contribution is 2.32. The highest BCUT2D eigenvalue weighted by atomic mass is 16.3. The number of fused-ring (bicyclic) bond motifs is 1. The molecule has 1 atom stereocenters.